The number of carbonyl (C=O) groups is 1. The summed E-state index contributed by atoms with van der Waals surface area (Å²) in [6.07, 6.45) is 5.32. The molecule has 2 aliphatic rings. The Morgan fingerprint density at radius 2 is 2.30 bits per heavy atom. The smallest absolute Gasteiger partial charge is 0.257 e. The number of likely N-dealkylation sites (tertiary alicyclic amines) is 1. The zero-order valence-electron chi connectivity index (χ0n) is 14.3. The summed E-state index contributed by atoms with van der Waals surface area (Å²) in [5.74, 6) is 0.0166. The average Bonchev–Trinajstić information content (AvgIpc) is 3.09. The largest absolute Gasteiger partial charge is 0.393 e. The van der Waals surface area contributed by atoms with E-state index in [1.54, 1.807) is 13.3 Å². The van der Waals surface area contributed by atoms with E-state index in [-0.39, 0.29) is 23.7 Å². The quantitative estimate of drug-likeness (QED) is 0.917. The van der Waals surface area contributed by atoms with Gasteiger partial charge in [0.05, 0.1) is 29.5 Å². The van der Waals surface area contributed by atoms with Gasteiger partial charge in [0.2, 0.25) is 0 Å². The van der Waals surface area contributed by atoms with Gasteiger partial charge in [-0.3, -0.25) is 9.48 Å². The van der Waals surface area contributed by atoms with E-state index < -0.39 is 0 Å². The Bertz CT molecular complexity index is 586. The topological polar surface area (TPSA) is 67.6 Å². The Kier molecular flexibility index (Phi) is 4.47. The van der Waals surface area contributed by atoms with Crippen molar-refractivity contribution in [1.29, 1.82) is 0 Å². The molecular weight excluding hydrogens is 294 g/mol. The molecule has 2 heterocycles. The van der Waals surface area contributed by atoms with Crippen molar-refractivity contribution in [3.05, 3.63) is 17.5 Å². The molecule has 0 radical (unpaired) electrons. The van der Waals surface area contributed by atoms with Gasteiger partial charge in [-0.2, -0.15) is 5.10 Å². The molecule has 1 aliphatic heterocycles. The van der Waals surface area contributed by atoms with Gasteiger partial charge in [-0.1, -0.05) is 6.92 Å². The van der Waals surface area contributed by atoms with Gasteiger partial charge in [0, 0.05) is 25.9 Å². The van der Waals surface area contributed by atoms with Crippen LogP contribution in [0.2, 0.25) is 0 Å². The first-order valence-corrected chi connectivity index (χ1v) is 8.59. The van der Waals surface area contributed by atoms with Crippen LogP contribution >= 0.6 is 0 Å². The van der Waals surface area contributed by atoms with Crippen molar-refractivity contribution >= 4 is 5.91 Å². The summed E-state index contributed by atoms with van der Waals surface area (Å²) in [6.45, 7) is 5.55. The maximum absolute atomic E-state index is 13.0. The lowest BCUT2D eigenvalue weighted by atomic mass is 9.79. The average molecular weight is 321 g/mol. The number of hydrogen-bond acceptors (Lipinski definition) is 4. The van der Waals surface area contributed by atoms with Crippen LogP contribution in [0.15, 0.2) is 6.20 Å². The minimum atomic E-state index is -0.347. The van der Waals surface area contributed by atoms with Crippen LogP contribution in [0.4, 0.5) is 0 Å². The number of hydrogen-bond donors (Lipinski definition) is 1. The molecule has 0 unspecified atom stereocenters. The first-order valence-electron chi connectivity index (χ1n) is 8.59. The Labute approximate surface area is 137 Å². The summed E-state index contributed by atoms with van der Waals surface area (Å²) in [5, 5.41) is 14.4. The minimum Gasteiger partial charge on any atom is -0.393 e. The Balaban J connectivity index is 1.85. The molecule has 1 saturated heterocycles. The molecule has 3 atom stereocenters. The highest BCUT2D eigenvalue weighted by Crippen LogP contribution is 2.43. The number of nitrogens with zero attached hydrogens (tertiary/aromatic N) is 3. The zero-order chi connectivity index (χ0) is 16.6. The van der Waals surface area contributed by atoms with Crippen molar-refractivity contribution in [3.8, 4) is 0 Å². The number of fused-ring (bicyclic) bond motifs is 1. The molecular formula is C17H27N3O3. The van der Waals surface area contributed by atoms with Crippen LogP contribution < -0.4 is 0 Å². The predicted molar refractivity (Wildman–Crippen MR) is 86.3 cm³/mol. The summed E-state index contributed by atoms with van der Waals surface area (Å²) in [4.78, 5) is 14.9. The van der Waals surface area contributed by atoms with Gasteiger partial charge in [0.15, 0.2) is 0 Å². The van der Waals surface area contributed by atoms with Crippen molar-refractivity contribution in [3.63, 3.8) is 0 Å². The first kappa shape index (κ1) is 16.5. The van der Waals surface area contributed by atoms with Gasteiger partial charge in [-0.25, -0.2) is 0 Å². The summed E-state index contributed by atoms with van der Waals surface area (Å²) in [5.41, 5.74) is 1.30. The second-order valence-corrected chi connectivity index (χ2v) is 6.83. The normalized spacial score (nSPS) is 30.5. The fraction of sp³-hybridized carbons (Fsp3) is 0.765. The molecule has 3 rings (SSSR count). The van der Waals surface area contributed by atoms with Crippen molar-refractivity contribution in [1.82, 2.24) is 14.7 Å². The van der Waals surface area contributed by atoms with E-state index in [0.29, 0.717) is 18.5 Å². The lowest BCUT2D eigenvalue weighted by molar-refractivity contribution is -0.0824. The first-order chi connectivity index (χ1) is 11.0. The van der Waals surface area contributed by atoms with Gasteiger partial charge in [0.25, 0.3) is 5.91 Å². The zero-order valence-corrected chi connectivity index (χ0v) is 14.3. The van der Waals surface area contributed by atoms with Crippen molar-refractivity contribution < 1.29 is 14.6 Å². The van der Waals surface area contributed by atoms with Crippen LogP contribution in [0.3, 0.4) is 0 Å². The number of methoxy groups -OCH3 is 1. The standard InChI is InChI=1S/C17H27N3O3/c1-4-8-20-12(2)14(11-18-20)16(22)19-9-7-17(23-3)6-5-13(21)10-15(17)19/h11,13,15,21H,4-10H2,1-3H3/t13-,15+,17-/m1/s1. The summed E-state index contributed by atoms with van der Waals surface area (Å²) < 4.78 is 7.71. The molecule has 0 bridgehead atoms. The van der Waals surface area contributed by atoms with E-state index in [1.165, 1.54) is 0 Å². The highest BCUT2D eigenvalue weighted by atomic mass is 16.5. The molecule has 2 fully saturated rings. The molecule has 1 amide bonds. The van der Waals surface area contributed by atoms with Crippen molar-refractivity contribution in [2.24, 2.45) is 0 Å². The highest BCUT2D eigenvalue weighted by molar-refractivity contribution is 5.95. The summed E-state index contributed by atoms with van der Waals surface area (Å²) in [7, 11) is 1.73. The molecule has 23 heavy (non-hydrogen) atoms. The van der Waals surface area contributed by atoms with Gasteiger partial charge in [0.1, 0.15) is 0 Å². The van der Waals surface area contributed by atoms with Crippen molar-refractivity contribution in [2.75, 3.05) is 13.7 Å². The minimum absolute atomic E-state index is 0.0166. The lowest BCUT2D eigenvalue weighted by Crippen LogP contribution is -2.52. The van der Waals surface area contributed by atoms with Crippen LogP contribution in [0.5, 0.6) is 0 Å². The molecule has 1 aromatic rings. The number of aliphatic hydroxyl groups is 1. The number of ether oxygens (including phenoxy) is 1. The van der Waals surface area contributed by atoms with E-state index in [0.717, 1.165) is 37.9 Å². The van der Waals surface area contributed by atoms with E-state index in [1.807, 2.05) is 16.5 Å². The molecule has 0 aromatic carbocycles. The number of aryl methyl sites for hydroxylation is 1. The number of rotatable bonds is 4. The maximum atomic E-state index is 13.0. The second-order valence-electron chi connectivity index (χ2n) is 6.83. The fourth-order valence-electron chi connectivity index (χ4n) is 4.17. The number of carbonyl (C=O) groups excluding carboxylic acids is 1. The lowest BCUT2D eigenvalue weighted by Gasteiger charge is -2.42. The van der Waals surface area contributed by atoms with Crippen LogP contribution in [0.1, 0.15) is 55.1 Å². The van der Waals surface area contributed by atoms with Crippen LogP contribution in [-0.2, 0) is 11.3 Å². The molecule has 1 aliphatic carbocycles. The van der Waals surface area contributed by atoms with Crippen LogP contribution in [0, 0.1) is 6.92 Å². The molecule has 6 heteroatoms. The third-order valence-corrected chi connectivity index (χ3v) is 5.59. The Morgan fingerprint density at radius 3 is 3.00 bits per heavy atom. The third-order valence-electron chi connectivity index (χ3n) is 5.59. The van der Waals surface area contributed by atoms with Gasteiger partial charge >= 0.3 is 0 Å². The Morgan fingerprint density at radius 1 is 1.52 bits per heavy atom. The van der Waals surface area contributed by atoms with Gasteiger partial charge in [-0.05, 0) is 39.0 Å². The number of aromatic nitrogens is 2. The van der Waals surface area contributed by atoms with Crippen molar-refractivity contribution in [2.45, 2.75) is 70.2 Å². The van der Waals surface area contributed by atoms with Gasteiger partial charge in [-0.15, -0.1) is 0 Å². The monoisotopic (exact) mass is 321 g/mol. The van der Waals surface area contributed by atoms with E-state index >= 15 is 0 Å². The molecule has 0 spiro atoms. The van der Waals surface area contributed by atoms with Crippen LogP contribution in [0.25, 0.3) is 0 Å². The summed E-state index contributed by atoms with van der Waals surface area (Å²) >= 11 is 0. The van der Waals surface area contributed by atoms with E-state index in [9.17, 15) is 9.90 Å². The fourth-order valence-corrected chi connectivity index (χ4v) is 4.17. The van der Waals surface area contributed by atoms with E-state index in [2.05, 4.69) is 12.0 Å². The third kappa shape index (κ3) is 2.68. The molecule has 1 aromatic heterocycles. The number of amides is 1. The van der Waals surface area contributed by atoms with Crippen LogP contribution in [-0.4, -0.2) is 57.1 Å². The highest BCUT2D eigenvalue weighted by Gasteiger charge is 2.52. The second kappa shape index (κ2) is 6.24. The molecule has 6 nitrogen and oxygen atoms in total. The number of aliphatic hydroxyl groups excluding tert-OH is 1. The van der Waals surface area contributed by atoms with Gasteiger partial charge < -0.3 is 14.7 Å². The Hall–Kier alpha value is -1.40. The van der Waals surface area contributed by atoms with E-state index in [4.69, 9.17) is 4.74 Å². The molecule has 1 saturated carbocycles. The predicted octanol–water partition coefficient (Wildman–Crippen LogP) is 1.75. The SMILES string of the molecule is CCCn1ncc(C(=O)N2CC[C@]3(OC)CC[C@@H](O)C[C@H]23)c1C. The summed E-state index contributed by atoms with van der Waals surface area (Å²) in [6, 6.07) is -0.0438. The molecule has 1 N–H and O–H groups in total. The maximum Gasteiger partial charge on any atom is 0.257 e. The molecule has 128 valence electrons.